The van der Waals surface area contributed by atoms with Crippen molar-refractivity contribution in [1.82, 2.24) is 9.47 Å². The van der Waals surface area contributed by atoms with E-state index in [4.69, 9.17) is 0 Å². The number of halogens is 2. The number of thiophene rings is 1. The number of rotatable bonds is 2. The van der Waals surface area contributed by atoms with Crippen molar-refractivity contribution in [1.29, 1.82) is 0 Å². The van der Waals surface area contributed by atoms with Crippen molar-refractivity contribution in [3.8, 4) is 5.00 Å². The van der Waals surface area contributed by atoms with Crippen molar-refractivity contribution in [2.24, 2.45) is 0 Å². The monoisotopic (exact) mass is 489 g/mol. The molecule has 35 heavy (non-hydrogen) atoms. The summed E-state index contributed by atoms with van der Waals surface area (Å²) in [7, 11) is 0. The second kappa shape index (κ2) is 8.64. The average molecular weight is 490 g/mol. The van der Waals surface area contributed by atoms with Crippen LogP contribution in [0.1, 0.15) is 51.7 Å². The van der Waals surface area contributed by atoms with E-state index in [1.807, 2.05) is 29.7 Å². The van der Waals surface area contributed by atoms with Gasteiger partial charge < -0.3 is 14.8 Å². The average Bonchev–Trinajstić information content (AvgIpc) is 3.44. The van der Waals surface area contributed by atoms with Crippen LogP contribution in [0.15, 0.2) is 60.8 Å². The molecule has 0 saturated heterocycles. The molecule has 4 aromatic rings. The highest BCUT2D eigenvalue weighted by Gasteiger charge is 2.36. The smallest absolute Gasteiger partial charge is 0.310 e. The predicted octanol–water partition coefficient (Wildman–Crippen LogP) is 7.14. The van der Waals surface area contributed by atoms with Gasteiger partial charge in [0, 0.05) is 22.3 Å². The standard InChI is InChI=1S/C28H25F2N3OS/c1-17-8-13-20(15-23(17)30)31-28(34)33-16-22-21-5-2-3-7-25(21)35-27(22)32-14-4-6-24(32)26(33)18-9-11-19(29)12-10-18/h4,6,8-15,26H,2-3,5,7,16H2,1H3,(H,31,34)/t26-/m0/s1. The van der Waals surface area contributed by atoms with Crippen LogP contribution in [0.3, 0.4) is 0 Å². The van der Waals surface area contributed by atoms with Crippen LogP contribution in [0.4, 0.5) is 19.3 Å². The van der Waals surface area contributed by atoms with Gasteiger partial charge in [-0.25, -0.2) is 13.6 Å². The van der Waals surface area contributed by atoms with Crippen LogP contribution in [0.2, 0.25) is 0 Å². The Kier molecular flexibility index (Phi) is 5.44. The number of hydrogen-bond acceptors (Lipinski definition) is 2. The fourth-order valence-electron chi connectivity index (χ4n) is 5.25. The largest absolute Gasteiger partial charge is 0.322 e. The highest BCUT2D eigenvalue weighted by atomic mass is 32.1. The maximum Gasteiger partial charge on any atom is 0.322 e. The van der Waals surface area contributed by atoms with Gasteiger partial charge in [-0.15, -0.1) is 11.3 Å². The van der Waals surface area contributed by atoms with Gasteiger partial charge in [0.25, 0.3) is 0 Å². The van der Waals surface area contributed by atoms with E-state index in [-0.39, 0.29) is 17.7 Å². The number of nitrogens with zero attached hydrogens (tertiary/aromatic N) is 2. The number of nitrogens with one attached hydrogen (secondary N) is 1. The summed E-state index contributed by atoms with van der Waals surface area (Å²) in [5.74, 6) is -0.686. The van der Waals surface area contributed by atoms with Gasteiger partial charge in [-0.1, -0.05) is 18.2 Å². The molecular formula is C28H25F2N3OS. The van der Waals surface area contributed by atoms with Crippen molar-refractivity contribution in [2.45, 2.75) is 45.2 Å². The van der Waals surface area contributed by atoms with Gasteiger partial charge in [-0.3, -0.25) is 0 Å². The van der Waals surface area contributed by atoms with Crippen LogP contribution in [-0.4, -0.2) is 15.5 Å². The number of urea groups is 1. The number of carbonyl (C=O) groups excluding carboxylic acids is 1. The third-order valence-corrected chi connectivity index (χ3v) is 8.38. The third kappa shape index (κ3) is 3.84. The number of hydrogen-bond donors (Lipinski definition) is 1. The number of amides is 2. The van der Waals surface area contributed by atoms with Crippen molar-refractivity contribution in [3.63, 3.8) is 0 Å². The van der Waals surface area contributed by atoms with Gasteiger partial charge >= 0.3 is 6.03 Å². The Bertz CT molecular complexity index is 1420. The minimum Gasteiger partial charge on any atom is -0.310 e. The predicted molar refractivity (Wildman–Crippen MR) is 134 cm³/mol. The van der Waals surface area contributed by atoms with E-state index in [0.29, 0.717) is 17.8 Å². The molecule has 2 aromatic heterocycles. The van der Waals surface area contributed by atoms with Crippen molar-refractivity contribution in [3.05, 3.63) is 105 Å². The zero-order valence-electron chi connectivity index (χ0n) is 19.4. The molecule has 1 atom stereocenters. The van der Waals surface area contributed by atoms with E-state index in [1.165, 1.54) is 40.6 Å². The van der Waals surface area contributed by atoms with E-state index >= 15 is 0 Å². The molecule has 1 N–H and O–H groups in total. The number of aromatic nitrogens is 1. The molecule has 2 amide bonds. The highest BCUT2D eigenvalue weighted by molar-refractivity contribution is 7.15. The first-order valence-electron chi connectivity index (χ1n) is 11.9. The summed E-state index contributed by atoms with van der Waals surface area (Å²) < 4.78 is 30.2. The molecule has 0 radical (unpaired) electrons. The summed E-state index contributed by atoms with van der Waals surface area (Å²) in [5, 5.41) is 4.07. The molecule has 1 aliphatic heterocycles. The van der Waals surface area contributed by atoms with Gasteiger partial charge in [0.05, 0.1) is 18.3 Å². The summed E-state index contributed by atoms with van der Waals surface area (Å²) in [6.45, 7) is 2.11. The lowest BCUT2D eigenvalue weighted by Crippen LogP contribution is -2.38. The van der Waals surface area contributed by atoms with E-state index in [2.05, 4.69) is 9.88 Å². The second-order valence-electron chi connectivity index (χ2n) is 9.27. The Morgan fingerprint density at radius 1 is 1.03 bits per heavy atom. The molecule has 0 saturated carbocycles. The third-order valence-electron chi connectivity index (χ3n) is 7.05. The maximum absolute atomic E-state index is 14.2. The molecule has 1 aliphatic carbocycles. The SMILES string of the molecule is Cc1ccc(NC(=O)N2Cc3c(sc4c3CCCC4)-n3cccc3[C@@H]2c2ccc(F)cc2)cc1F. The van der Waals surface area contributed by atoms with Gasteiger partial charge in [-0.2, -0.15) is 0 Å². The molecule has 0 unspecified atom stereocenters. The number of anilines is 1. The van der Waals surface area contributed by atoms with E-state index < -0.39 is 6.04 Å². The Labute approximate surface area is 206 Å². The molecule has 6 rings (SSSR count). The summed E-state index contributed by atoms with van der Waals surface area (Å²) >= 11 is 1.81. The van der Waals surface area contributed by atoms with Crippen LogP contribution < -0.4 is 5.32 Å². The van der Waals surface area contributed by atoms with Gasteiger partial charge in [0.1, 0.15) is 16.6 Å². The van der Waals surface area contributed by atoms with E-state index in [9.17, 15) is 13.6 Å². The topological polar surface area (TPSA) is 37.3 Å². The fraction of sp³-hybridized carbons (Fsp3) is 0.250. The van der Waals surface area contributed by atoms with Crippen LogP contribution in [0, 0.1) is 18.6 Å². The zero-order valence-corrected chi connectivity index (χ0v) is 20.2. The lowest BCUT2D eigenvalue weighted by atomic mass is 9.95. The lowest BCUT2D eigenvalue weighted by molar-refractivity contribution is 0.194. The summed E-state index contributed by atoms with van der Waals surface area (Å²) in [4.78, 5) is 17.0. The first-order valence-corrected chi connectivity index (χ1v) is 12.7. The molecule has 3 heterocycles. The van der Waals surface area contributed by atoms with Crippen molar-refractivity contribution >= 4 is 23.1 Å². The molecule has 2 aromatic carbocycles. The van der Waals surface area contributed by atoms with Crippen molar-refractivity contribution in [2.75, 3.05) is 5.32 Å². The van der Waals surface area contributed by atoms with E-state index in [1.54, 1.807) is 36.1 Å². The normalized spacial score (nSPS) is 16.8. The minimum absolute atomic E-state index is 0.320. The van der Waals surface area contributed by atoms with Gasteiger partial charge in [0.15, 0.2) is 0 Å². The highest BCUT2D eigenvalue weighted by Crippen LogP contribution is 2.44. The van der Waals surface area contributed by atoms with Crippen LogP contribution in [-0.2, 0) is 19.4 Å². The van der Waals surface area contributed by atoms with E-state index in [0.717, 1.165) is 35.5 Å². The molecule has 4 nitrogen and oxygen atoms in total. The molecule has 178 valence electrons. The number of carbonyl (C=O) groups is 1. The fourth-order valence-corrected chi connectivity index (χ4v) is 6.65. The first kappa shape index (κ1) is 22.0. The second-order valence-corrected chi connectivity index (χ2v) is 10.4. The Hall–Kier alpha value is -3.45. The van der Waals surface area contributed by atoms with Crippen LogP contribution in [0.5, 0.6) is 0 Å². The molecule has 7 heteroatoms. The van der Waals surface area contributed by atoms with Crippen molar-refractivity contribution < 1.29 is 13.6 Å². The molecular weight excluding hydrogens is 464 g/mol. The summed E-state index contributed by atoms with van der Waals surface area (Å²) in [6.07, 6.45) is 6.46. The quantitative estimate of drug-likeness (QED) is 0.319. The molecule has 0 bridgehead atoms. The molecule has 0 fully saturated rings. The Morgan fingerprint density at radius 3 is 2.63 bits per heavy atom. The van der Waals surface area contributed by atoms with Gasteiger partial charge in [0.2, 0.25) is 0 Å². The maximum atomic E-state index is 14.2. The molecule has 2 aliphatic rings. The number of fused-ring (bicyclic) bond motifs is 5. The Balaban J connectivity index is 1.48. The van der Waals surface area contributed by atoms with Crippen LogP contribution >= 0.6 is 11.3 Å². The summed E-state index contributed by atoms with van der Waals surface area (Å²) in [6, 6.07) is 14.3. The molecule has 0 spiro atoms. The minimum atomic E-state index is -0.431. The Morgan fingerprint density at radius 2 is 1.83 bits per heavy atom. The lowest BCUT2D eigenvalue weighted by Gasteiger charge is -2.31. The number of benzene rings is 2. The number of aryl methyl sites for hydroxylation is 2. The van der Waals surface area contributed by atoms with Gasteiger partial charge in [-0.05, 0) is 85.7 Å². The first-order chi connectivity index (χ1) is 17.0. The zero-order chi connectivity index (χ0) is 24.1. The van der Waals surface area contributed by atoms with Crippen LogP contribution in [0.25, 0.3) is 5.00 Å². The summed E-state index contributed by atoms with van der Waals surface area (Å²) in [5.41, 5.74) is 5.23.